The minimum absolute atomic E-state index is 0.0420. The molecular formula is C16H21Br2NO5. The summed E-state index contributed by atoms with van der Waals surface area (Å²) >= 11 is 6.43. The summed E-state index contributed by atoms with van der Waals surface area (Å²) in [6, 6.07) is 2.30. The lowest BCUT2D eigenvalue weighted by Crippen LogP contribution is -2.36. The standard InChI is InChI=1S/C16H21Br2NO5/c1-5-23-15(22)12(8-13(20)24-16(2,3)4)19-9-6-10(17)14(21)11(18)7-9/h6-7,12,19,21H,5,8H2,1-4H3/t12-/m0/s1. The molecule has 0 radical (unpaired) electrons. The van der Waals surface area contributed by atoms with E-state index in [2.05, 4.69) is 37.2 Å². The van der Waals surface area contributed by atoms with Crippen molar-refractivity contribution in [3.8, 4) is 5.75 Å². The average Bonchev–Trinajstić information content (AvgIpc) is 2.42. The summed E-state index contributed by atoms with van der Waals surface area (Å²) in [5.41, 5.74) is -0.103. The maximum Gasteiger partial charge on any atom is 0.329 e. The van der Waals surface area contributed by atoms with Gasteiger partial charge in [-0.15, -0.1) is 0 Å². The van der Waals surface area contributed by atoms with Gasteiger partial charge in [0.2, 0.25) is 0 Å². The predicted molar refractivity (Wildman–Crippen MR) is 98.0 cm³/mol. The molecular weight excluding hydrogens is 446 g/mol. The van der Waals surface area contributed by atoms with E-state index in [1.165, 1.54) is 0 Å². The molecule has 0 saturated carbocycles. The van der Waals surface area contributed by atoms with Gasteiger partial charge in [0.05, 0.1) is 22.0 Å². The molecule has 2 N–H and O–H groups in total. The number of carbonyl (C=O) groups excluding carboxylic acids is 2. The van der Waals surface area contributed by atoms with Crippen molar-refractivity contribution < 1.29 is 24.2 Å². The molecule has 6 nitrogen and oxygen atoms in total. The fourth-order valence-electron chi connectivity index (χ4n) is 1.84. The smallest absolute Gasteiger partial charge is 0.329 e. The lowest BCUT2D eigenvalue weighted by molar-refractivity contribution is -0.158. The molecule has 0 heterocycles. The summed E-state index contributed by atoms with van der Waals surface area (Å²) < 4.78 is 11.2. The van der Waals surface area contributed by atoms with E-state index in [0.717, 1.165) is 0 Å². The molecule has 0 bridgehead atoms. The molecule has 0 unspecified atom stereocenters. The lowest BCUT2D eigenvalue weighted by atomic mass is 10.1. The number of hydrogen-bond acceptors (Lipinski definition) is 6. The van der Waals surface area contributed by atoms with E-state index >= 15 is 0 Å². The van der Waals surface area contributed by atoms with Crippen molar-refractivity contribution in [2.75, 3.05) is 11.9 Å². The Labute approximate surface area is 158 Å². The molecule has 8 heteroatoms. The van der Waals surface area contributed by atoms with E-state index in [1.54, 1.807) is 39.8 Å². The number of benzene rings is 1. The van der Waals surface area contributed by atoms with E-state index in [4.69, 9.17) is 9.47 Å². The Balaban J connectivity index is 2.94. The first-order chi connectivity index (χ1) is 11.0. The molecule has 0 aliphatic rings. The highest BCUT2D eigenvalue weighted by atomic mass is 79.9. The molecule has 0 aliphatic heterocycles. The van der Waals surface area contributed by atoms with Gasteiger partial charge >= 0.3 is 11.9 Å². The molecule has 0 fully saturated rings. The number of esters is 2. The number of aromatic hydroxyl groups is 1. The Kier molecular flexibility index (Phi) is 7.54. The summed E-state index contributed by atoms with van der Waals surface area (Å²) in [6.07, 6.45) is -0.174. The molecule has 1 aromatic rings. The number of carbonyl (C=O) groups is 2. The number of halogens is 2. The average molecular weight is 467 g/mol. The van der Waals surface area contributed by atoms with Gasteiger partial charge in [-0.25, -0.2) is 4.79 Å². The largest absolute Gasteiger partial charge is 0.506 e. The number of nitrogens with one attached hydrogen (secondary N) is 1. The van der Waals surface area contributed by atoms with Crippen molar-refractivity contribution in [1.29, 1.82) is 0 Å². The third-order valence-electron chi connectivity index (χ3n) is 2.72. The van der Waals surface area contributed by atoms with Gasteiger partial charge in [-0.2, -0.15) is 0 Å². The van der Waals surface area contributed by atoms with Crippen molar-refractivity contribution in [3.63, 3.8) is 0 Å². The van der Waals surface area contributed by atoms with E-state index in [0.29, 0.717) is 14.6 Å². The molecule has 1 aromatic carbocycles. The molecule has 1 atom stereocenters. The number of rotatable bonds is 6. The molecule has 134 valence electrons. The van der Waals surface area contributed by atoms with Gasteiger partial charge in [0, 0.05) is 5.69 Å². The van der Waals surface area contributed by atoms with Crippen LogP contribution in [0.15, 0.2) is 21.1 Å². The van der Waals surface area contributed by atoms with Gasteiger partial charge in [-0.3, -0.25) is 4.79 Å². The van der Waals surface area contributed by atoms with Gasteiger partial charge in [0.15, 0.2) is 0 Å². The van der Waals surface area contributed by atoms with Crippen molar-refractivity contribution in [1.82, 2.24) is 0 Å². The minimum Gasteiger partial charge on any atom is -0.506 e. The van der Waals surface area contributed by atoms with Crippen LogP contribution in [0.25, 0.3) is 0 Å². The van der Waals surface area contributed by atoms with E-state index < -0.39 is 23.6 Å². The fourth-order valence-corrected chi connectivity index (χ4v) is 3.02. The second-order valence-corrected chi connectivity index (χ2v) is 7.74. The second kappa shape index (κ2) is 8.71. The monoisotopic (exact) mass is 465 g/mol. The topological polar surface area (TPSA) is 84.9 Å². The number of phenolic OH excluding ortho intramolecular Hbond substituents is 1. The van der Waals surface area contributed by atoms with Gasteiger partial charge in [-0.05, 0) is 71.7 Å². The van der Waals surface area contributed by atoms with Crippen molar-refractivity contribution >= 4 is 49.5 Å². The SMILES string of the molecule is CCOC(=O)[C@H](CC(=O)OC(C)(C)C)Nc1cc(Br)c(O)c(Br)c1. The Hall–Kier alpha value is -1.28. The first kappa shape index (κ1) is 20.8. The minimum atomic E-state index is -0.900. The fraction of sp³-hybridized carbons (Fsp3) is 0.500. The van der Waals surface area contributed by atoms with E-state index in [9.17, 15) is 14.7 Å². The van der Waals surface area contributed by atoms with E-state index in [1.807, 2.05) is 0 Å². The number of hydrogen-bond donors (Lipinski definition) is 2. The summed E-state index contributed by atoms with van der Waals surface area (Å²) in [5.74, 6) is -1.02. The van der Waals surface area contributed by atoms with Crippen LogP contribution in [0, 0.1) is 0 Å². The Bertz CT molecular complexity index is 590. The molecule has 0 saturated heterocycles. The Morgan fingerprint density at radius 3 is 2.25 bits per heavy atom. The van der Waals surface area contributed by atoms with Crippen molar-refractivity contribution in [2.24, 2.45) is 0 Å². The van der Waals surface area contributed by atoms with Crippen LogP contribution in [0.5, 0.6) is 5.75 Å². The molecule has 1 rings (SSSR count). The third-order valence-corrected chi connectivity index (χ3v) is 3.93. The number of phenols is 1. The van der Waals surface area contributed by atoms with Crippen LogP contribution >= 0.6 is 31.9 Å². The van der Waals surface area contributed by atoms with Crippen LogP contribution in [-0.2, 0) is 19.1 Å². The van der Waals surface area contributed by atoms with Crippen LogP contribution in [0.2, 0.25) is 0 Å². The third kappa shape index (κ3) is 6.68. The molecule has 0 aromatic heterocycles. The predicted octanol–water partition coefficient (Wildman–Crippen LogP) is 3.99. The van der Waals surface area contributed by atoms with Crippen LogP contribution in [0.1, 0.15) is 34.1 Å². The zero-order valence-corrected chi connectivity index (χ0v) is 17.2. The lowest BCUT2D eigenvalue weighted by Gasteiger charge is -2.23. The highest BCUT2D eigenvalue weighted by Crippen LogP contribution is 2.35. The Morgan fingerprint density at radius 2 is 1.79 bits per heavy atom. The maximum absolute atomic E-state index is 12.1. The van der Waals surface area contributed by atoms with Gasteiger partial charge < -0.3 is 19.9 Å². The first-order valence-electron chi connectivity index (χ1n) is 7.36. The van der Waals surface area contributed by atoms with Gasteiger partial charge in [-0.1, -0.05) is 0 Å². The van der Waals surface area contributed by atoms with Crippen molar-refractivity contribution in [3.05, 3.63) is 21.1 Å². The highest BCUT2D eigenvalue weighted by molar-refractivity contribution is 9.11. The highest BCUT2D eigenvalue weighted by Gasteiger charge is 2.27. The number of ether oxygens (including phenoxy) is 2. The van der Waals surface area contributed by atoms with Gasteiger partial charge in [0.1, 0.15) is 17.4 Å². The molecule has 0 aliphatic carbocycles. The summed E-state index contributed by atoms with van der Waals surface area (Å²) in [5, 5.41) is 12.7. The first-order valence-corrected chi connectivity index (χ1v) is 8.95. The normalized spacial score (nSPS) is 12.4. The molecule has 0 amide bonds. The zero-order valence-electron chi connectivity index (χ0n) is 14.0. The second-order valence-electron chi connectivity index (χ2n) is 6.03. The van der Waals surface area contributed by atoms with Gasteiger partial charge in [0.25, 0.3) is 0 Å². The maximum atomic E-state index is 12.1. The van der Waals surface area contributed by atoms with Crippen LogP contribution < -0.4 is 5.32 Å². The molecule has 0 spiro atoms. The summed E-state index contributed by atoms with van der Waals surface area (Å²) in [6.45, 7) is 7.16. The Morgan fingerprint density at radius 1 is 1.25 bits per heavy atom. The number of anilines is 1. The quantitative estimate of drug-likeness (QED) is 0.487. The van der Waals surface area contributed by atoms with Crippen molar-refractivity contribution in [2.45, 2.75) is 45.8 Å². The molecule has 24 heavy (non-hydrogen) atoms. The van der Waals surface area contributed by atoms with Crippen LogP contribution in [0.4, 0.5) is 5.69 Å². The van der Waals surface area contributed by atoms with Crippen LogP contribution in [0.3, 0.4) is 0 Å². The van der Waals surface area contributed by atoms with Crippen LogP contribution in [-0.4, -0.2) is 35.3 Å². The summed E-state index contributed by atoms with van der Waals surface area (Å²) in [4.78, 5) is 24.1. The van der Waals surface area contributed by atoms with E-state index in [-0.39, 0.29) is 18.8 Å². The summed E-state index contributed by atoms with van der Waals surface area (Å²) in [7, 11) is 0. The zero-order chi connectivity index (χ0) is 18.5.